The molecule has 0 unspecified atom stereocenters. The van der Waals surface area contributed by atoms with E-state index in [9.17, 15) is 0 Å². The van der Waals surface area contributed by atoms with E-state index in [2.05, 4.69) is 6.42 Å². The van der Waals surface area contributed by atoms with Crippen LogP contribution in [0.25, 0.3) is 0 Å². The Bertz CT molecular complexity index is 362. The highest BCUT2D eigenvalue weighted by molar-refractivity contribution is 5.50. The molecule has 1 aromatic rings. The number of hydroxylamine groups is 2. The van der Waals surface area contributed by atoms with E-state index in [1.807, 2.05) is 23.3 Å². The van der Waals surface area contributed by atoms with Crippen LogP contribution in [-0.4, -0.2) is 32.4 Å². The average Bonchev–Trinajstić information content (AvgIpc) is 2.39. The topological polar surface area (TPSA) is 30.9 Å². The number of rotatable bonds is 4. The molecule has 4 heteroatoms. The molecule has 0 N–H and O–H groups in total. The van der Waals surface area contributed by atoms with Crippen LogP contribution in [0.4, 0.5) is 0 Å². The quantitative estimate of drug-likeness (QED) is 0.802. The molecule has 17 heavy (non-hydrogen) atoms. The second-order valence-corrected chi connectivity index (χ2v) is 3.88. The number of piperidine rings is 1. The lowest BCUT2D eigenvalue weighted by Crippen LogP contribution is -2.33. The molecule has 0 spiro atoms. The highest BCUT2D eigenvalue weighted by Crippen LogP contribution is 2.37. The highest BCUT2D eigenvalue weighted by Gasteiger charge is 2.16. The monoisotopic (exact) mass is 236 g/mol. The van der Waals surface area contributed by atoms with Crippen molar-refractivity contribution >= 4 is 0 Å². The first-order chi connectivity index (χ1) is 8.35. The van der Waals surface area contributed by atoms with Gasteiger partial charge in [-0.3, -0.25) is 0 Å². The van der Waals surface area contributed by atoms with Gasteiger partial charge < -0.3 is 14.3 Å². The third-order valence-electron chi connectivity index (χ3n) is 2.76. The van der Waals surface area contributed by atoms with Gasteiger partial charge in [0.05, 0.1) is 14.2 Å². The fourth-order valence-electron chi connectivity index (χ4n) is 1.89. The van der Waals surface area contributed by atoms with Gasteiger partial charge in [-0.1, -0.05) is 6.07 Å². The Morgan fingerprint density at radius 2 is 1.71 bits per heavy atom. The van der Waals surface area contributed by atoms with Gasteiger partial charge in [0.1, 0.15) is 0 Å². The van der Waals surface area contributed by atoms with Gasteiger partial charge in [0.25, 0.3) is 0 Å². The minimum atomic E-state index is 0.643. The van der Waals surface area contributed by atoms with Gasteiger partial charge in [0.2, 0.25) is 5.75 Å². The van der Waals surface area contributed by atoms with Crippen molar-refractivity contribution in [2.75, 3.05) is 27.3 Å². The van der Waals surface area contributed by atoms with E-state index >= 15 is 0 Å². The first-order valence-corrected chi connectivity index (χ1v) is 5.80. The van der Waals surface area contributed by atoms with Gasteiger partial charge in [-0.2, -0.15) is 0 Å². The van der Waals surface area contributed by atoms with Crippen molar-refractivity contribution in [3.05, 3.63) is 24.6 Å². The van der Waals surface area contributed by atoms with E-state index < -0.39 is 0 Å². The first kappa shape index (κ1) is 12.0. The van der Waals surface area contributed by atoms with Crippen molar-refractivity contribution in [2.24, 2.45) is 0 Å². The maximum atomic E-state index is 5.83. The molecule has 1 heterocycles. The Morgan fingerprint density at radius 1 is 1.00 bits per heavy atom. The standard InChI is InChI=1S/C13H18NO3/c1-15-11-7-6-8-12(13(11)16-2)17-14-9-4-3-5-10-14/h3,6-8H,4-5,9-10H2,1-2H3. The summed E-state index contributed by atoms with van der Waals surface area (Å²) in [6.45, 7) is 1.83. The summed E-state index contributed by atoms with van der Waals surface area (Å²) in [5.74, 6) is 2.03. The molecule has 2 rings (SSSR count). The molecule has 0 aliphatic carbocycles. The van der Waals surface area contributed by atoms with Gasteiger partial charge in [0, 0.05) is 13.1 Å². The summed E-state index contributed by atoms with van der Waals surface area (Å²) in [6, 6.07) is 5.64. The largest absolute Gasteiger partial charge is 0.493 e. The normalized spacial score (nSPS) is 16.6. The molecule has 1 aromatic carbocycles. The predicted molar refractivity (Wildman–Crippen MR) is 65.3 cm³/mol. The molecule has 93 valence electrons. The van der Waals surface area contributed by atoms with Crippen molar-refractivity contribution in [3.8, 4) is 17.2 Å². The zero-order chi connectivity index (χ0) is 12.1. The van der Waals surface area contributed by atoms with Crippen molar-refractivity contribution in [1.29, 1.82) is 0 Å². The number of hydrogen-bond acceptors (Lipinski definition) is 4. The van der Waals surface area contributed by atoms with Crippen LogP contribution in [0.15, 0.2) is 18.2 Å². The Hall–Kier alpha value is -1.42. The molecule has 1 radical (unpaired) electrons. The Kier molecular flexibility index (Phi) is 4.09. The van der Waals surface area contributed by atoms with Crippen molar-refractivity contribution in [2.45, 2.75) is 12.8 Å². The summed E-state index contributed by atoms with van der Waals surface area (Å²) in [6.07, 6.45) is 4.40. The molecule has 0 saturated carbocycles. The number of para-hydroxylation sites is 1. The lowest BCUT2D eigenvalue weighted by molar-refractivity contribution is -0.0668. The molecule has 1 aliphatic heterocycles. The van der Waals surface area contributed by atoms with Crippen molar-refractivity contribution in [1.82, 2.24) is 5.06 Å². The number of methoxy groups -OCH3 is 2. The molecule has 4 nitrogen and oxygen atoms in total. The zero-order valence-corrected chi connectivity index (χ0v) is 10.3. The Morgan fingerprint density at radius 3 is 2.35 bits per heavy atom. The van der Waals surface area contributed by atoms with Crippen molar-refractivity contribution in [3.63, 3.8) is 0 Å². The van der Waals surface area contributed by atoms with Crippen LogP contribution in [0.1, 0.15) is 12.8 Å². The second kappa shape index (κ2) is 5.77. The van der Waals surface area contributed by atoms with E-state index in [0.717, 1.165) is 25.9 Å². The summed E-state index contributed by atoms with van der Waals surface area (Å²) in [5.41, 5.74) is 0. The van der Waals surface area contributed by atoms with Gasteiger partial charge in [-0.25, -0.2) is 0 Å². The lowest BCUT2D eigenvalue weighted by Gasteiger charge is -2.26. The van der Waals surface area contributed by atoms with Crippen LogP contribution in [0.5, 0.6) is 17.2 Å². The van der Waals surface area contributed by atoms with E-state index in [1.165, 1.54) is 0 Å². The smallest absolute Gasteiger partial charge is 0.205 e. The Balaban J connectivity index is 2.13. The van der Waals surface area contributed by atoms with Gasteiger partial charge in [-0.05, 0) is 31.4 Å². The minimum Gasteiger partial charge on any atom is -0.493 e. The van der Waals surface area contributed by atoms with Crippen LogP contribution in [0, 0.1) is 6.42 Å². The summed E-state index contributed by atoms with van der Waals surface area (Å²) >= 11 is 0. The molecule has 0 atom stereocenters. The SMILES string of the molecule is COc1cccc(ON2CC[CH]CC2)c1OC. The molecule has 1 saturated heterocycles. The number of benzene rings is 1. The molecule has 1 fully saturated rings. The molecular formula is C13H18NO3. The Labute approximate surface area is 102 Å². The fraction of sp³-hybridized carbons (Fsp3) is 0.462. The number of hydrogen-bond donors (Lipinski definition) is 0. The van der Waals surface area contributed by atoms with E-state index in [-0.39, 0.29) is 0 Å². The lowest BCUT2D eigenvalue weighted by atomic mass is 10.2. The minimum absolute atomic E-state index is 0.643. The predicted octanol–water partition coefficient (Wildman–Crippen LogP) is 2.30. The maximum Gasteiger partial charge on any atom is 0.205 e. The van der Waals surface area contributed by atoms with E-state index in [4.69, 9.17) is 14.3 Å². The van der Waals surface area contributed by atoms with Crippen molar-refractivity contribution < 1.29 is 14.3 Å². The van der Waals surface area contributed by atoms with Crippen LogP contribution in [0.2, 0.25) is 0 Å². The van der Waals surface area contributed by atoms with Crippen LogP contribution in [-0.2, 0) is 0 Å². The second-order valence-electron chi connectivity index (χ2n) is 3.88. The third-order valence-corrected chi connectivity index (χ3v) is 2.76. The summed E-state index contributed by atoms with van der Waals surface area (Å²) < 4.78 is 10.6. The van der Waals surface area contributed by atoms with Gasteiger partial charge in [-0.15, -0.1) is 5.06 Å². The van der Waals surface area contributed by atoms with Gasteiger partial charge >= 0.3 is 0 Å². The molecule has 0 aromatic heterocycles. The van der Waals surface area contributed by atoms with E-state index in [1.54, 1.807) is 14.2 Å². The van der Waals surface area contributed by atoms with E-state index in [0.29, 0.717) is 17.2 Å². The zero-order valence-electron chi connectivity index (χ0n) is 10.3. The third kappa shape index (κ3) is 2.82. The summed E-state index contributed by atoms with van der Waals surface area (Å²) in [5, 5.41) is 1.96. The first-order valence-electron chi connectivity index (χ1n) is 5.80. The molecule has 0 bridgehead atoms. The highest BCUT2D eigenvalue weighted by atomic mass is 16.7. The average molecular weight is 236 g/mol. The summed E-state index contributed by atoms with van der Waals surface area (Å²) in [7, 11) is 3.24. The van der Waals surface area contributed by atoms with Crippen LogP contribution >= 0.6 is 0 Å². The molecule has 1 aliphatic rings. The number of ether oxygens (including phenoxy) is 2. The fourth-order valence-corrected chi connectivity index (χ4v) is 1.89. The van der Waals surface area contributed by atoms with Gasteiger partial charge in [0.15, 0.2) is 11.5 Å². The molecular weight excluding hydrogens is 218 g/mol. The summed E-state index contributed by atoms with van der Waals surface area (Å²) in [4.78, 5) is 5.83. The maximum absolute atomic E-state index is 5.83. The molecule has 0 amide bonds. The van der Waals surface area contributed by atoms with Crippen LogP contribution < -0.4 is 14.3 Å². The number of nitrogens with zero attached hydrogens (tertiary/aromatic N) is 1. The van der Waals surface area contributed by atoms with Crippen LogP contribution in [0.3, 0.4) is 0 Å².